The molecule has 0 saturated heterocycles. The number of carboxylic acid groups (broad SMARTS) is 1. The SMILES string of the molecule is Cc1ccc(C(=O)c2ncccc2C(=O)O)cc1[N+](=O)[O-]. The number of aryl methyl sites for hydroxylation is 1. The van der Waals surface area contributed by atoms with Gasteiger partial charge in [-0.15, -0.1) is 0 Å². The van der Waals surface area contributed by atoms with E-state index in [-0.39, 0.29) is 22.5 Å². The molecular weight excluding hydrogens is 276 g/mol. The van der Waals surface area contributed by atoms with E-state index >= 15 is 0 Å². The second kappa shape index (κ2) is 5.49. The van der Waals surface area contributed by atoms with Gasteiger partial charge in [-0.2, -0.15) is 0 Å². The summed E-state index contributed by atoms with van der Waals surface area (Å²) in [4.78, 5) is 37.5. The minimum absolute atomic E-state index is 0.0218. The first kappa shape index (κ1) is 14.3. The number of pyridine rings is 1. The van der Waals surface area contributed by atoms with Gasteiger partial charge < -0.3 is 5.11 Å². The number of carboxylic acids is 1. The number of nitro benzene ring substituents is 1. The zero-order chi connectivity index (χ0) is 15.6. The molecule has 21 heavy (non-hydrogen) atoms. The number of aromatic nitrogens is 1. The molecule has 0 radical (unpaired) electrons. The number of rotatable bonds is 4. The maximum atomic E-state index is 12.3. The van der Waals surface area contributed by atoms with E-state index < -0.39 is 16.7 Å². The van der Waals surface area contributed by atoms with Crippen LogP contribution in [0.25, 0.3) is 0 Å². The van der Waals surface area contributed by atoms with Crippen LogP contribution in [-0.4, -0.2) is 26.8 Å². The Morgan fingerprint density at radius 3 is 2.62 bits per heavy atom. The van der Waals surface area contributed by atoms with Crippen LogP contribution < -0.4 is 0 Å². The zero-order valence-corrected chi connectivity index (χ0v) is 10.9. The first-order valence-corrected chi connectivity index (χ1v) is 5.90. The predicted octanol–water partition coefficient (Wildman–Crippen LogP) is 2.23. The lowest BCUT2D eigenvalue weighted by Crippen LogP contribution is -2.12. The smallest absolute Gasteiger partial charge is 0.338 e. The van der Waals surface area contributed by atoms with Crippen molar-refractivity contribution >= 4 is 17.4 Å². The fourth-order valence-electron chi connectivity index (χ4n) is 1.84. The topological polar surface area (TPSA) is 110 Å². The Hall–Kier alpha value is -3.09. The summed E-state index contributed by atoms with van der Waals surface area (Å²) < 4.78 is 0. The van der Waals surface area contributed by atoms with Gasteiger partial charge in [-0.05, 0) is 19.1 Å². The lowest BCUT2D eigenvalue weighted by atomic mass is 10.0. The summed E-state index contributed by atoms with van der Waals surface area (Å²) in [5.74, 6) is -1.95. The van der Waals surface area contributed by atoms with Crippen molar-refractivity contribution in [2.24, 2.45) is 0 Å². The van der Waals surface area contributed by atoms with E-state index in [4.69, 9.17) is 5.11 Å². The van der Waals surface area contributed by atoms with Crippen molar-refractivity contribution in [3.63, 3.8) is 0 Å². The number of nitro groups is 1. The first-order valence-electron chi connectivity index (χ1n) is 5.90. The molecule has 2 rings (SSSR count). The van der Waals surface area contributed by atoms with Crippen LogP contribution in [0.15, 0.2) is 36.5 Å². The van der Waals surface area contributed by atoms with Gasteiger partial charge in [0.15, 0.2) is 0 Å². The Labute approximate surface area is 119 Å². The van der Waals surface area contributed by atoms with Crippen molar-refractivity contribution in [3.8, 4) is 0 Å². The molecule has 0 fully saturated rings. The maximum Gasteiger partial charge on any atom is 0.338 e. The van der Waals surface area contributed by atoms with Gasteiger partial charge in [0.05, 0.1) is 10.5 Å². The number of hydrogen-bond donors (Lipinski definition) is 1. The van der Waals surface area contributed by atoms with E-state index in [1.807, 2.05) is 0 Å². The maximum absolute atomic E-state index is 12.3. The van der Waals surface area contributed by atoms with E-state index in [1.54, 1.807) is 6.92 Å². The molecule has 1 aromatic carbocycles. The molecule has 7 heteroatoms. The lowest BCUT2D eigenvalue weighted by molar-refractivity contribution is -0.385. The molecule has 0 unspecified atom stereocenters. The monoisotopic (exact) mass is 286 g/mol. The van der Waals surface area contributed by atoms with E-state index in [0.717, 1.165) is 6.07 Å². The molecule has 1 N–H and O–H groups in total. The second-order valence-corrected chi connectivity index (χ2v) is 4.29. The molecule has 0 bridgehead atoms. The lowest BCUT2D eigenvalue weighted by Gasteiger charge is -2.05. The molecule has 106 valence electrons. The molecule has 0 atom stereocenters. The fourth-order valence-corrected chi connectivity index (χ4v) is 1.84. The van der Waals surface area contributed by atoms with Gasteiger partial charge in [-0.1, -0.05) is 12.1 Å². The standard InChI is InChI=1S/C14H10N2O5/c1-8-4-5-9(7-11(8)16(20)21)13(17)12-10(14(18)19)3-2-6-15-12/h2-7H,1H3,(H,18,19). The summed E-state index contributed by atoms with van der Waals surface area (Å²) in [6.07, 6.45) is 1.29. The van der Waals surface area contributed by atoms with Crippen molar-refractivity contribution in [1.29, 1.82) is 0 Å². The molecule has 0 aliphatic carbocycles. The second-order valence-electron chi connectivity index (χ2n) is 4.29. The van der Waals surface area contributed by atoms with Crippen LogP contribution in [0.5, 0.6) is 0 Å². The van der Waals surface area contributed by atoms with E-state index in [1.165, 1.54) is 30.5 Å². The molecule has 0 saturated carbocycles. The molecule has 0 aliphatic rings. The number of hydrogen-bond acceptors (Lipinski definition) is 5. The van der Waals surface area contributed by atoms with Gasteiger partial charge in [-0.3, -0.25) is 19.9 Å². The van der Waals surface area contributed by atoms with Crippen molar-refractivity contribution in [1.82, 2.24) is 4.98 Å². The van der Waals surface area contributed by atoms with E-state index in [0.29, 0.717) is 5.56 Å². The van der Waals surface area contributed by atoms with Gasteiger partial charge in [0.2, 0.25) is 5.78 Å². The summed E-state index contributed by atoms with van der Waals surface area (Å²) in [5.41, 5.74) is -0.257. The summed E-state index contributed by atoms with van der Waals surface area (Å²) in [7, 11) is 0. The first-order chi connectivity index (χ1) is 9.91. The van der Waals surface area contributed by atoms with Gasteiger partial charge >= 0.3 is 5.97 Å². The highest BCUT2D eigenvalue weighted by Gasteiger charge is 2.21. The van der Waals surface area contributed by atoms with Crippen LogP contribution in [0.4, 0.5) is 5.69 Å². The van der Waals surface area contributed by atoms with Crippen LogP contribution in [-0.2, 0) is 0 Å². The molecule has 1 heterocycles. The van der Waals surface area contributed by atoms with Crippen molar-refractivity contribution < 1.29 is 19.6 Å². The molecule has 2 aromatic rings. The number of ketones is 1. The van der Waals surface area contributed by atoms with Crippen LogP contribution in [0, 0.1) is 17.0 Å². The van der Waals surface area contributed by atoms with Gasteiger partial charge in [0.25, 0.3) is 5.69 Å². The van der Waals surface area contributed by atoms with Crippen molar-refractivity contribution in [2.45, 2.75) is 6.92 Å². The largest absolute Gasteiger partial charge is 0.478 e. The van der Waals surface area contributed by atoms with Crippen LogP contribution in [0.1, 0.15) is 32.0 Å². The number of carbonyl (C=O) groups is 2. The van der Waals surface area contributed by atoms with Crippen LogP contribution >= 0.6 is 0 Å². The Kier molecular flexibility index (Phi) is 3.75. The minimum Gasteiger partial charge on any atom is -0.478 e. The highest BCUT2D eigenvalue weighted by atomic mass is 16.6. The normalized spacial score (nSPS) is 10.1. The summed E-state index contributed by atoms with van der Waals surface area (Å²) in [6.45, 7) is 1.55. The van der Waals surface area contributed by atoms with E-state index in [2.05, 4.69) is 4.98 Å². The van der Waals surface area contributed by atoms with Gasteiger partial charge in [0, 0.05) is 23.4 Å². The van der Waals surface area contributed by atoms with Crippen LogP contribution in [0.3, 0.4) is 0 Å². The third-order valence-corrected chi connectivity index (χ3v) is 2.92. The Morgan fingerprint density at radius 2 is 2.00 bits per heavy atom. The third-order valence-electron chi connectivity index (χ3n) is 2.92. The van der Waals surface area contributed by atoms with Gasteiger partial charge in [-0.25, -0.2) is 4.79 Å². The third kappa shape index (κ3) is 2.76. The highest BCUT2D eigenvalue weighted by Crippen LogP contribution is 2.21. The van der Waals surface area contributed by atoms with Crippen LogP contribution in [0.2, 0.25) is 0 Å². The summed E-state index contributed by atoms with van der Waals surface area (Å²) in [5, 5.41) is 19.9. The minimum atomic E-state index is -1.28. The van der Waals surface area contributed by atoms with Gasteiger partial charge in [0.1, 0.15) is 5.69 Å². The summed E-state index contributed by atoms with van der Waals surface area (Å²) >= 11 is 0. The van der Waals surface area contributed by atoms with E-state index in [9.17, 15) is 19.7 Å². The average molecular weight is 286 g/mol. The number of nitrogens with zero attached hydrogens (tertiary/aromatic N) is 2. The molecule has 1 aromatic heterocycles. The Balaban J connectivity index is 2.53. The average Bonchev–Trinajstić information content (AvgIpc) is 2.46. The Morgan fingerprint density at radius 1 is 1.29 bits per heavy atom. The number of benzene rings is 1. The molecule has 0 spiro atoms. The number of carbonyl (C=O) groups excluding carboxylic acids is 1. The predicted molar refractivity (Wildman–Crippen MR) is 72.5 cm³/mol. The summed E-state index contributed by atoms with van der Waals surface area (Å²) in [6, 6.07) is 6.63. The van der Waals surface area contributed by atoms with Crippen molar-refractivity contribution in [3.05, 3.63) is 69.0 Å². The molecule has 7 nitrogen and oxygen atoms in total. The molecular formula is C14H10N2O5. The Bertz CT molecular complexity index is 755. The zero-order valence-electron chi connectivity index (χ0n) is 10.9. The fraction of sp³-hybridized carbons (Fsp3) is 0.0714. The molecule has 0 aliphatic heterocycles. The highest BCUT2D eigenvalue weighted by molar-refractivity contribution is 6.13. The number of aromatic carboxylic acids is 1. The van der Waals surface area contributed by atoms with Crippen molar-refractivity contribution in [2.75, 3.05) is 0 Å². The molecule has 0 amide bonds. The quantitative estimate of drug-likeness (QED) is 0.524.